The van der Waals surface area contributed by atoms with Gasteiger partial charge in [0.2, 0.25) is 15.9 Å². The van der Waals surface area contributed by atoms with Crippen LogP contribution < -0.4 is 21.1 Å². The standard InChI is InChI=1S/C22H21BrN4O4S/c1-14-7-8-17(13-19(14)23)25-21(28)20(15-5-3-2-4-6-15)27-32(30,31)18-11-9-16(10-12-18)26-22(24)29/h2-13,20,27H,1H3,(H,25,28)(H3,24,26,29). The smallest absolute Gasteiger partial charge is 0.316 e. The summed E-state index contributed by atoms with van der Waals surface area (Å²) < 4.78 is 29.3. The van der Waals surface area contributed by atoms with Crippen LogP contribution in [0.4, 0.5) is 16.2 Å². The zero-order valence-corrected chi connectivity index (χ0v) is 19.4. The molecule has 8 nitrogen and oxygen atoms in total. The third-order valence-electron chi connectivity index (χ3n) is 4.54. The number of carbonyl (C=O) groups excluding carboxylic acids is 2. The molecule has 0 radical (unpaired) electrons. The second-order valence-electron chi connectivity index (χ2n) is 6.93. The highest BCUT2D eigenvalue weighted by Crippen LogP contribution is 2.24. The second-order valence-corrected chi connectivity index (χ2v) is 9.50. The van der Waals surface area contributed by atoms with E-state index in [0.29, 0.717) is 16.9 Å². The van der Waals surface area contributed by atoms with Crippen molar-refractivity contribution < 1.29 is 18.0 Å². The first kappa shape index (κ1) is 23.5. The second kappa shape index (κ2) is 9.94. The van der Waals surface area contributed by atoms with Crippen LogP contribution >= 0.6 is 15.9 Å². The van der Waals surface area contributed by atoms with Gasteiger partial charge < -0.3 is 16.4 Å². The number of halogens is 1. The lowest BCUT2D eigenvalue weighted by atomic mass is 10.1. The number of aryl methyl sites for hydroxylation is 1. The fourth-order valence-electron chi connectivity index (χ4n) is 2.89. The predicted molar refractivity (Wildman–Crippen MR) is 127 cm³/mol. The molecule has 166 valence electrons. The average Bonchev–Trinajstić information content (AvgIpc) is 2.75. The summed E-state index contributed by atoms with van der Waals surface area (Å²) in [6.45, 7) is 1.92. The molecule has 0 aliphatic heterocycles. The number of rotatable bonds is 7. The molecular weight excluding hydrogens is 496 g/mol. The van der Waals surface area contributed by atoms with Crippen molar-refractivity contribution in [1.29, 1.82) is 0 Å². The topological polar surface area (TPSA) is 130 Å². The van der Waals surface area contributed by atoms with E-state index in [1.54, 1.807) is 42.5 Å². The molecule has 0 aliphatic carbocycles. The highest BCUT2D eigenvalue weighted by Gasteiger charge is 2.27. The molecule has 0 aromatic heterocycles. The highest BCUT2D eigenvalue weighted by atomic mass is 79.9. The number of hydrogen-bond donors (Lipinski definition) is 4. The van der Waals surface area contributed by atoms with Crippen molar-refractivity contribution in [3.05, 3.63) is 88.4 Å². The van der Waals surface area contributed by atoms with Gasteiger partial charge in [-0.3, -0.25) is 4.79 Å². The predicted octanol–water partition coefficient (Wildman–Crippen LogP) is 3.91. The van der Waals surface area contributed by atoms with E-state index >= 15 is 0 Å². The van der Waals surface area contributed by atoms with Crippen molar-refractivity contribution in [3.63, 3.8) is 0 Å². The molecule has 0 heterocycles. The van der Waals surface area contributed by atoms with Crippen LogP contribution in [0, 0.1) is 6.92 Å². The van der Waals surface area contributed by atoms with Gasteiger partial charge in [-0.25, -0.2) is 13.2 Å². The minimum atomic E-state index is -4.07. The Labute approximate surface area is 194 Å². The number of benzene rings is 3. The molecule has 0 fully saturated rings. The Morgan fingerprint density at radius 1 is 0.906 bits per heavy atom. The van der Waals surface area contributed by atoms with E-state index in [0.717, 1.165) is 10.0 Å². The molecule has 10 heteroatoms. The first-order valence-electron chi connectivity index (χ1n) is 9.46. The monoisotopic (exact) mass is 516 g/mol. The first-order chi connectivity index (χ1) is 15.2. The maximum Gasteiger partial charge on any atom is 0.316 e. The number of anilines is 2. The van der Waals surface area contributed by atoms with E-state index in [-0.39, 0.29) is 4.90 Å². The SMILES string of the molecule is Cc1ccc(NC(=O)C(NS(=O)(=O)c2ccc(NC(N)=O)cc2)c2ccccc2)cc1Br. The maximum atomic E-state index is 13.1. The van der Waals surface area contributed by atoms with Crippen molar-refractivity contribution in [2.24, 2.45) is 5.73 Å². The summed E-state index contributed by atoms with van der Waals surface area (Å²) in [4.78, 5) is 24.0. The Balaban J connectivity index is 1.88. The Morgan fingerprint density at radius 3 is 2.12 bits per heavy atom. The van der Waals surface area contributed by atoms with E-state index < -0.39 is 28.0 Å². The summed E-state index contributed by atoms with van der Waals surface area (Å²) in [6.07, 6.45) is 0. The third kappa shape index (κ3) is 5.94. The first-order valence-corrected chi connectivity index (χ1v) is 11.7. The van der Waals surface area contributed by atoms with Gasteiger partial charge >= 0.3 is 6.03 Å². The van der Waals surface area contributed by atoms with Crippen molar-refractivity contribution in [2.75, 3.05) is 10.6 Å². The summed E-state index contributed by atoms with van der Waals surface area (Å²) in [7, 11) is -4.07. The fraction of sp³-hybridized carbons (Fsp3) is 0.0909. The van der Waals surface area contributed by atoms with Crippen LogP contribution in [0.1, 0.15) is 17.2 Å². The van der Waals surface area contributed by atoms with Crippen LogP contribution in [0.5, 0.6) is 0 Å². The van der Waals surface area contributed by atoms with Gasteiger partial charge in [-0.05, 0) is 54.4 Å². The minimum absolute atomic E-state index is 0.0701. The molecule has 0 aliphatic rings. The Hall–Kier alpha value is -3.21. The molecule has 3 rings (SSSR count). The third-order valence-corrected chi connectivity index (χ3v) is 6.83. The summed E-state index contributed by atoms with van der Waals surface area (Å²) in [5.41, 5.74) is 7.41. The Kier molecular flexibility index (Phi) is 7.29. The van der Waals surface area contributed by atoms with Gasteiger partial charge in [-0.2, -0.15) is 4.72 Å². The van der Waals surface area contributed by atoms with Gasteiger partial charge in [0, 0.05) is 15.8 Å². The zero-order chi connectivity index (χ0) is 23.3. The van der Waals surface area contributed by atoms with E-state index in [1.165, 1.54) is 24.3 Å². The van der Waals surface area contributed by atoms with Gasteiger partial charge in [-0.15, -0.1) is 0 Å². The molecule has 1 unspecified atom stereocenters. The lowest BCUT2D eigenvalue weighted by molar-refractivity contribution is -0.117. The quantitative estimate of drug-likeness (QED) is 0.379. The van der Waals surface area contributed by atoms with Gasteiger partial charge in [-0.1, -0.05) is 52.3 Å². The highest BCUT2D eigenvalue weighted by molar-refractivity contribution is 9.10. The molecule has 3 amide bonds. The van der Waals surface area contributed by atoms with Gasteiger partial charge in [0.1, 0.15) is 6.04 Å². The fourth-order valence-corrected chi connectivity index (χ4v) is 4.45. The summed E-state index contributed by atoms with van der Waals surface area (Å²) >= 11 is 3.42. The number of hydrogen-bond acceptors (Lipinski definition) is 4. The number of nitrogens with two attached hydrogens (primary N) is 1. The molecule has 5 N–H and O–H groups in total. The molecule has 3 aromatic carbocycles. The van der Waals surface area contributed by atoms with E-state index in [4.69, 9.17) is 5.73 Å². The summed E-state index contributed by atoms with van der Waals surface area (Å²) in [5, 5.41) is 5.12. The number of carbonyl (C=O) groups is 2. The number of sulfonamides is 1. The molecular formula is C22H21BrN4O4S. The maximum absolute atomic E-state index is 13.1. The van der Waals surface area contributed by atoms with E-state index in [1.807, 2.05) is 13.0 Å². The van der Waals surface area contributed by atoms with E-state index in [2.05, 4.69) is 31.3 Å². The van der Waals surface area contributed by atoms with Gasteiger partial charge in [0.05, 0.1) is 4.90 Å². The van der Waals surface area contributed by atoms with Crippen molar-refractivity contribution in [3.8, 4) is 0 Å². The van der Waals surface area contributed by atoms with Crippen molar-refractivity contribution in [2.45, 2.75) is 17.9 Å². The minimum Gasteiger partial charge on any atom is -0.351 e. The van der Waals surface area contributed by atoms with Crippen LogP contribution in [0.15, 0.2) is 82.2 Å². The number of primary amides is 1. The molecule has 1 atom stereocenters. The molecule has 32 heavy (non-hydrogen) atoms. The van der Waals surface area contributed by atoms with E-state index in [9.17, 15) is 18.0 Å². The summed E-state index contributed by atoms with van der Waals surface area (Å²) in [6, 6.07) is 17.3. The Bertz CT molecular complexity index is 1230. The molecule has 3 aromatic rings. The van der Waals surface area contributed by atoms with Crippen LogP contribution in [-0.2, 0) is 14.8 Å². The average molecular weight is 517 g/mol. The number of nitrogens with one attached hydrogen (secondary N) is 3. The Morgan fingerprint density at radius 2 is 1.53 bits per heavy atom. The molecule has 0 spiro atoms. The van der Waals surface area contributed by atoms with Crippen LogP contribution in [0.25, 0.3) is 0 Å². The normalized spacial score (nSPS) is 12.1. The summed E-state index contributed by atoms with van der Waals surface area (Å²) in [5.74, 6) is -0.539. The lowest BCUT2D eigenvalue weighted by Gasteiger charge is -2.19. The molecule has 0 bridgehead atoms. The van der Waals surface area contributed by atoms with Crippen LogP contribution in [-0.4, -0.2) is 20.4 Å². The van der Waals surface area contributed by atoms with Crippen LogP contribution in [0.2, 0.25) is 0 Å². The largest absolute Gasteiger partial charge is 0.351 e. The number of amides is 3. The van der Waals surface area contributed by atoms with Crippen molar-refractivity contribution >= 4 is 49.3 Å². The van der Waals surface area contributed by atoms with Crippen molar-refractivity contribution in [1.82, 2.24) is 4.72 Å². The zero-order valence-electron chi connectivity index (χ0n) is 17.0. The number of urea groups is 1. The molecule has 0 saturated carbocycles. The van der Waals surface area contributed by atoms with Crippen LogP contribution in [0.3, 0.4) is 0 Å². The molecule has 0 saturated heterocycles. The lowest BCUT2D eigenvalue weighted by Crippen LogP contribution is -2.37. The van der Waals surface area contributed by atoms with Gasteiger partial charge in [0.15, 0.2) is 0 Å². The van der Waals surface area contributed by atoms with Gasteiger partial charge in [0.25, 0.3) is 0 Å².